The summed E-state index contributed by atoms with van der Waals surface area (Å²) in [6, 6.07) is 2.95. The highest BCUT2D eigenvalue weighted by Gasteiger charge is 2.14. The number of benzene rings is 1. The molecule has 0 saturated heterocycles. The van der Waals surface area contributed by atoms with Crippen molar-refractivity contribution < 1.29 is 14.4 Å². The van der Waals surface area contributed by atoms with Gasteiger partial charge in [-0.25, -0.2) is 0 Å². The van der Waals surface area contributed by atoms with E-state index < -0.39 is 0 Å². The first kappa shape index (κ1) is 10.6. The van der Waals surface area contributed by atoms with Gasteiger partial charge in [0.2, 0.25) is 5.88 Å². The van der Waals surface area contributed by atoms with Gasteiger partial charge in [-0.1, -0.05) is 16.8 Å². The van der Waals surface area contributed by atoms with Gasteiger partial charge in [0, 0.05) is 11.6 Å². The van der Waals surface area contributed by atoms with Crippen molar-refractivity contribution in [2.75, 3.05) is 12.8 Å². The Kier molecular flexibility index (Phi) is 2.62. The van der Waals surface area contributed by atoms with Gasteiger partial charge in [-0.2, -0.15) is 0 Å². The monoisotopic (exact) mass is 240 g/mol. The van der Waals surface area contributed by atoms with Crippen LogP contribution in [0.4, 0.5) is 5.88 Å². The van der Waals surface area contributed by atoms with E-state index in [9.17, 15) is 5.11 Å². The van der Waals surface area contributed by atoms with E-state index in [0.717, 1.165) is 0 Å². The maximum absolute atomic E-state index is 9.74. The third-order valence-corrected chi connectivity index (χ3v) is 2.45. The average Bonchev–Trinajstić information content (AvgIpc) is 2.65. The zero-order valence-electron chi connectivity index (χ0n) is 8.40. The van der Waals surface area contributed by atoms with Crippen molar-refractivity contribution in [1.82, 2.24) is 5.16 Å². The van der Waals surface area contributed by atoms with Gasteiger partial charge in [0.15, 0.2) is 0 Å². The first-order valence-electron chi connectivity index (χ1n) is 4.40. The highest BCUT2D eigenvalue weighted by atomic mass is 35.5. The molecule has 0 aliphatic carbocycles. The minimum atomic E-state index is -0.0132. The molecule has 0 bridgehead atoms. The first-order chi connectivity index (χ1) is 7.63. The summed E-state index contributed by atoms with van der Waals surface area (Å²) in [6.07, 6.45) is 1.41. The predicted octanol–water partition coefficient (Wildman–Crippen LogP) is 2.29. The van der Waals surface area contributed by atoms with E-state index in [1.807, 2.05) is 0 Å². The molecule has 1 aromatic carbocycles. The van der Waals surface area contributed by atoms with Gasteiger partial charge in [-0.15, -0.1) is 0 Å². The number of nitrogen functional groups attached to an aromatic ring is 1. The molecule has 0 spiro atoms. The van der Waals surface area contributed by atoms with Crippen LogP contribution in [0.2, 0.25) is 5.02 Å². The number of hydrogen-bond acceptors (Lipinski definition) is 5. The smallest absolute Gasteiger partial charge is 0.230 e. The fourth-order valence-electron chi connectivity index (χ4n) is 1.37. The summed E-state index contributed by atoms with van der Waals surface area (Å²) in [7, 11) is 1.49. The zero-order chi connectivity index (χ0) is 11.7. The second-order valence-corrected chi connectivity index (χ2v) is 3.51. The minimum absolute atomic E-state index is 0.0132. The summed E-state index contributed by atoms with van der Waals surface area (Å²) in [5.41, 5.74) is 6.51. The van der Waals surface area contributed by atoms with E-state index in [2.05, 4.69) is 5.16 Å². The van der Waals surface area contributed by atoms with Gasteiger partial charge in [0.1, 0.15) is 11.5 Å². The number of ether oxygens (including phenoxy) is 1. The molecule has 0 saturated carbocycles. The molecule has 0 fully saturated rings. The number of halogens is 1. The lowest BCUT2D eigenvalue weighted by Crippen LogP contribution is -1.89. The Morgan fingerprint density at radius 1 is 1.44 bits per heavy atom. The molecule has 0 aliphatic heterocycles. The third-order valence-electron chi connectivity index (χ3n) is 2.16. The number of nitrogens with two attached hydrogens (primary N) is 1. The van der Waals surface area contributed by atoms with Crippen LogP contribution in [0.1, 0.15) is 0 Å². The maximum Gasteiger partial charge on any atom is 0.230 e. The van der Waals surface area contributed by atoms with Crippen molar-refractivity contribution in [3.8, 4) is 22.6 Å². The van der Waals surface area contributed by atoms with Gasteiger partial charge < -0.3 is 20.1 Å². The Bertz CT molecular complexity index is 525. The van der Waals surface area contributed by atoms with Crippen LogP contribution in [0, 0.1) is 0 Å². The van der Waals surface area contributed by atoms with Gasteiger partial charge in [0.05, 0.1) is 23.9 Å². The molecule has 0 atom stereocenters. The van der Waals surface area contributed by atoms with Gasteiger partial charge in [0.25, 0.3) is 0 Å². The second kappa shape index (κ2) is 3.94. The summed E-state index contributed by atoms with van der Waals surface area (Å²) in [5, 5.41) is 13.6. The Morgan fingerprint density at radius 3 is 2.75 bits per heavy atom. The fraction of sp³-hybridized carbons (Fsp3) is 0.100. The Balaban J connectivity index is 2.61. The molecule has 1 aromatic heterocycles. The fourth-order valence-corrected chi connectivity index (χ4v) is 1.60. The molecule has 2 rings (SSSR count). The highest BCUT2D eigenvalue weighted by Crippen LogP contribution is 2.39. The third kappa shape index (κ3) is 1.65. The molecule has 0 amide bonds. The number of aromatic hydroxyl groups is 1. The molecule has 0 radical (unpaired) electrons. The first-order valence-corrected chi connectivity index (χ1v) is 4.78. The van der Waals surface area contributed by atoms with E-state index in [0.29, 0.717) is 21.9 Å². The van der Waals surface area contributed by atoms with E-state index in [1.54, 1.807) is 6.07 Å². The highest BCUT2D eigenvalue weighted by molar-refractivity contribution is 6.32. The molecular weight excluding hydrogens is 232 g/mol. The van der Waals surface area contributed by atoms with Crippen molar-refractivity contribution in [3.05, 3.63) is 23.4 Å². The molecular formula is C10H9ClN2O3. The number of aromatic nitrogens is 1. The Morgan fingerprint density at radius 2 is 2.19 bits per heavy atom. The molecule has 2 aromatic rings. The second-order valence-electron chi connectivity index (χ2n) is 3.11. The SMILES string of the molecule is COc1cc(-c2cnoc2N)c(O)cc1Cl. The van der Waals surface area contributed by atoms with E-state index >= 15 is 0 Å². The lowest BCUT2D eigenvalue weighted by molar-refractivity contribution is 0.413. The predicted molar refractivity (Wildman–Crippen MR) is 59.6 cm³/mol. The lowest BCUT2D eigenvalue weighted by atomic mass is 10.1. The molecule has 6 heteroatoms. The summed E-state index contributed by atoms with van der Waals surface area (Å²) >= 11 is 5.85. The minimum Gasteiger partial charge on any atom is -0.507 e. The van der Waals surface area contributed by atoms with Crippen molar-refractivity contribution in [3.63, 3.8) is 0 Å². The number of methoxy groups -OCH3 is 1. The van der Waals surface area contributed by atoms with Crippen LogP contribution in [0.15, 0.2) is 22.9 Å². The zero-order valence-corrected chi connectivity index (χ0v) is 9.15. The van der Waals surface area contributed by atoms with Crippen LogP contribution < -0.4 is 10.5 Å². The van der Waals surface area contributed by atoms with Gasteiger partial charge >= 0.3 is 0 Å². The van der Waals surface area contributed by atoms with Crippen molar-refractivity contribution >= 4 is 17.5 Å². The van der Waals surface area contributed by atoms with Gasteiger partial charge in [-0.05, 0) is 6.07 Å². The lowest BCUT2D eigenvalue weighted by Gasteiger charge is -2.07. The Hall–Kier alpha value is -1.88. The maximum atomic E-state index is 9.74. The number of nitrogens with zero attached hydrogens (tertiary/aromatic N) is 1. The number of phenols is 1. The van der Waals surface area contributed by atoms with E-state index in [-0.39, 0.29) is 11.6 Å². The molecule has 0 unspecified atom stereocenters. The number of anilines is 1. The van der Waals surface area contributed by atoms with Crippen molar-refractivity contribution in [2.24, 2.45) is 0 Å². The molecule has 3 N–H and O–H groups in total. The summed E-state index contributed by atoms with van der Waals surface area (Å²) < 4.78 is 9.76. The number of hydrogen-bond donors (Lipinski definition) is 2. The molecule has 1 heterocycles. The number of phenolic OH excluding ortho intramolecular Hbond substituents is 1. The summed E-state index contributed by atoms with van der Waals surface area (Å²) in [4.78, 5) is 0. The quantitative estimate of drug-likeness (QED) is 0.842. The van der Waals surface area contributed by atoms with Crippen LogP contribution in [-0.2, 0) is 0 Å². The van der Waals surface area contributed by atoms with Crippen LogP contribution in [-0.4, -0.2) is 17.4 Å². The van der Waals surface area contributed by atoms with Crippen LogP contribution in [0.25, 0.3) is 11.1 Å². The normalized spacial score (nSPS) is 10.4. The molecule has 84 valence electrons. The topological polar surface area (TPSA) is 81.5 Å². The van der Waals surface area contributed by atoms with Crippen molar-refractivity contribution in [1.29, 1.82) is 0 Å². The standard InChI is InChI=1S/C10H9ClN2O3/c1-15-9-2-5(8(14)3-7(9)11)6-4-13-16-10(6)12/h2-4,14H,12H2,1H3. The van der Waals surface area contributed by atoms with Gasteiger partial charge in [-0.3, -0.25) is 0 Å². The van der Waals surface area contributed by atoms with Crippen molar-refractivity contribution in [2.45, 2.75) is 0 Å². The van der Waals surface area contributed by atoms with Crippen LogP contribution in [0.3, 0.4) is 0 Å². The van der Waals surface area contributed by atoms with E-state index in [1.165, 1.54) is 19.4 Å². The Labute approximate surface area is 96.4 Å². The largest absolute Gasteiger partial charge is 0.507 e. The van der Waals surface area contributed by atoms with Crippen LogP contribution in [0.5, 0.6) is 11.5 Å². The summed E-state index contributed by atoms with van der Waals surface area (Å²) in [6.45, 7) is 0. The van der Waals surface area contributed by atoms with E-state index in [4.69, 9.17) is 26.6 Å². The molecule has 16 heavy (non-hydrogen) atoms. The molecule has 5 nitrogen and oxygen atoms in total. The average molecular weight is 241 g/mol. The summed E-state index contributed by atoms with van der Waals surface area (Å²) in [5.74, 6) is 0.551. The number of rotatable bonds is 2. The molecule has 0 aliphatic rings. The van der Waals surface area contributed by atoms with Crippen LogP contribution >= 0.6 is 11.6 Å².